The minimum atomic E-state index is 0.243. The highest BCUT2D eigenvalue weighted by molar-refractivity contribution is 5.88. The van der Waals surface area contributed by atoms with E-state index in [4.69, 9.17) is 10.5 Å². The quantitative estimate of drug-likeness (QED) is 0.901. The van der Waals surface area contributed by atoms with Crippen LogP contribution in [0.1, 0.15) is 24.5 Å². The number of hydrogen-bond acceptors (Lipinski definition) is 2. The average molecular weight is 246 g/mol. The molecule has 1 unspecified atom stereocenters. The fraction of sp³-hybridized carbons (Fsp3) is 0.467. The Morgan fingerprint density at radius 2 is 2.11 bits per heavy atom. The molecule has 2 N–H and O–H groups in total. The molecule has 2 rings (SSSR count). The second-order valence-electron chi connectivity index (χ2n) is 5.12. The highest BCUT2D eigenvalue weighted by Gasteiger charge is 2.11. The lowest BCUT2D eigenvalue weighted by Gasteiger charge is -2.06. The van der Waals surface area contributed by atoms with Gasteiger partial charge < -0.3 is 15.0 Å². The maximum Gasteiger partial charge on any atom is 0.119 e. The summed E-state index contributed by atoms with van der Waals surface area (Å²) in [5.41, 5.74) is 9.74. The van der Waals surface area contributed by atoms with Crippen molar-refractivity contribution in [3.8, 4) is 5.75 Å². The van der Waals surface area contributed by atoms with Crippen LogP contribution in [0, 0.1) is 6.92 Å². The van der Waals surface area contributed by atoms with Gasteiger partial charge in [-0.1, -0.05) is 0 Å². The van der Waals surface area contributed by atoms with Crippen molar-refractivity contribution in [2.24, 2.45) is 12.8 Å². The first-order valence-electron chi connectivity index (χ1n) is 6.41. The normalized spacial score (nSPS) is 12.9. The molecule has 1 aromatic carbocycles. The number of benzene rings is 1. The number of nitrogens with zero attached hydrogens (tertiary/aromatic N) is 1. The molecule has 0 aliphatic heterocycles. The van der Waals surface area contributed by atoms with E-state index in [-0.39, 0.29) is 6.04 Å². The van der Waals surface area contributed by atoms with E-state index in [0.717, 1.165) is 18.6 Å². The molecule has 0 saturated carbocycles. The number of ether oxygens (including phenoxy) is 1. The molecule has 3 heteroatoms. The molecule has 1 atom stereocenters. The molecular formula is C15H22N2O. The summed E-state index contributed by atoms with van der Waals surface area (Å²) in [4.78, 5) is 0. The lowest BCUT2D eigenvalue weighted by atomic mass is 10.0. The third-order valence-corrected chi connectivity index (χ3v) is 3.43. The summed E-state index contributed by atoms with van der Waals surface area (Å²) in [5, 5.41) is 1.29. The molecule has 0 saturated heterocycles. The SMILES string of the molecule is COc1cc(C)c2c(c1)c(CCC(C)N)cn2C. The van der Waals surface area contributed by atoms with Crippen LogP contribution in [0.3, 0.4) is 0 Å². The fourth-order valence-electron chi connectivity index (χ4n) is 2.53. The van der Waals surface area contributed by atoms with E-state index < -0.39 is 0 Å². The van der Waals surface area contributed by atoms with Gasteiger partial charge in [-0.2, -0.15) is 0 Å². The van der Waals surface area contributed by atoms with E-state index in [1.807, 2.05) is 0 Å². The van der Waals surface area contributed by atoms with Crippen molar-refractivity contribution in [1.82, 2.24) is 4.57 Å². The Balaban J connectivity index is 2.50. The summed E-state index contributed by atoms with van der Waals surface area (Å²) in [6.45, 7) is 4.18. The molecule has 2 aromatic rings. The molecule has 0 aliphatic carbocycles. The van der Waals surface area contributed by atoms with Crippen LogP contribution in [0.15, 0.2) is 18.3 Å². The van der Waals surface area contributed by atoms with E-state index >= 15 is 0 Å². The molecule has 1 heterocycles. The first-order chi connectivity index (χ1) is 8.52. The Morgan fingerprint density at radius 3 is 2.72 bits per heavy atom. The van der Waals surface area contributed by atoms with Crippen molar-refractivity contribution in [3.05, 3.63) is 29.5 Å². The summed E-state index contributed by atoms with van der Waals surface area (Å²) in [7, 11) is 3.81. The molecule has 3 nitrogen and oxygen atoms in total. The smallest absolute Gasteiger partial charge is 0.119 e. The Kier molecular flexibility index (Phi) is 3.62. The molecule has 98 valence electrons. The number of rotatable bonds is 4. The summed E-state index contributed by atoms with van der Waals surface area (Å²) in [5.74, 6) is 0.924. The third-order valence-electron chi connectivity index (χ3n) is 3.43. The number of methoxy groups -OCH3 is 1. The number of aryl methyl sites for hydroxylation is 3. The van der Waals surface area contributed by atoms with Crippen LogP contribution in [0.2, 0.25) is 0 Å². The van der Waals surface area contributed by atoms with Gasteiger partial charge in [0.15, 0.2) is 0 Å². The van der Waals surface area contributed by atoms with Crippen LogP contribution in [0.5, 0.6) is 5.75 Å². The van der Waals surface area contributed by atoms with Crippen molar-refractivity contribution in [2.45, 2.75) is 32.7 Å². The van der Waals surface area contributed by atoms with E-state index in [2.05, 4.69) is 43.8 Å². The zero-order valence-electron chi connectivity index (χ0n) is 11.7. The van der Waals surface area contributed by atoms with Gasteiger partial charge in [0.2, 0.25) is 0 Å². The second-order valence-corrected chi connectivity index (χ2v) is 5.12. The summed E-state index contributed by atoms with van der Waals surface area (Å²) in [6.07, 6.45) is 4.23. The van der Waals surface area contributed by atoms with Crippen molar-refractivity contribution >= 4 is 10.9 Å². The monoisotopic (exact) mass is 246 g/mol. The molecule has 0 aliphatic rings. The fourth-order valence-corrected chi connectivity index (χ4v) is 2.53. The Bertz CT molecular complexity index is 555. The van der Waals surface area contributed by atoms with Crippen molar-refractivity contribution in [3.63, 3.8) is 0 Å². The van der Waals surface area contributed by atoms with Gasteiger partial charge in [-0.15, -0.1) is 0 Å². The highest BCUT2D eigenvalue weighted by atomic mass is 16.5. The Hall–Kier alpha value is -1.48. The third kappa shape index (κ3) is 2.36. The molecule has 0 amide bonds. The predicted octanol–water partition coefficient (Wildman–Crippen LogP) is 2.78. The Labute approximate surface area is 109 Å². The van der Waals surface area contributed by atoms with Crippen LogP contribution in [0.25, 0.3) is 10.9 Å². The average Bonchev–Trinajstić information content (AvgIpc) is 2.63. The van der Waals surface area contributed by atoms with Crippen molar-refractivity contribution < 1.29 is 4.74 Å². The van der Waals surface area contributed by atoms with Crippen LogP contribution < -0.4 is 10.5 Å². The predicted molar refractivity (Wildman–Crippen MR) is 76.2 cm³/mol. The first-order valence-corrected chi connectivity index (χ1v) is 6.41. The number of hydrogen-bond donors (Lipinski definition) is 1. The maximum absolute atomic E-state index is 5.85. The number of aromatic nitrogens is 1. The van der Waals surface area contributed by atoms with E-state index in [0.29, 0.717) is 0 Å². The molecule has 0 fully saturated rings. The molecule has 18 heavy (non-hydrogen) atoms. The van der Waals surface area contributed by atoms with Gasteiger partial charge in [0.1, 0.15) is 5.75 Å². The van der Waals surface area contributed by atoms with E-state index in [1.54, 1.807) is 7.11 Å². The van der Waals surface area contributed by atoms with Crippen LogP contribution in [-0.2, 0) is 13.5 Å². The zero-order chi connectivity index (χ0) is 13.3. The van der Waals surface area contributed by atoms with Gasteiger partial charge in [-0.3, -0.25) is 0 Å². The highest BCUT2D eigenvalue weighted by Crippen LogP contribution is 2.29. The zero-order valence-corrected chi connectivity index (χ0v) is 11.7. The number of fused-ring (bicyclic) bond motifs is 1. The topological polar surface area (TPSA) is 40.2 Å². The standard InChI is InChI=1S/C15H22N2O/c1-10-7-13(18-4)8-14-12(6-5-11(2)16)9-17(3)15(10)14/h7-9,11H,5-6,16H2,1-4H3. The maximum atomic E-state index is 5.85. The lowest BCUT2D eigenvalue weighted by molar-refractivity contribution is 0.415. The molecule has 0 spiro atoms. The van der Waals surface area contributed by atoms with Gasteiger partial charge in [0.25, 0.3) is 0 Å². The van der Waals surface area contributed by atoms with Crippen molar-refractivity contribution in [1.29, 1.82) is 0 Å². The summed E-state index contributed by atoms with van der Waals surface area (Å²) in [6, 6.07) is 4.45. The van der Waals surface area contributed by atoms with E-state index in [9.17, 15) is 0 Å². The summed E-state index contributed by atoms with van der Waals surface area (Å²) >= 11 is 0. The van der Waals surface area contributed by atoms with E-state index in [1.165, 1.54) is 22.0 Å². The molecule has 0 bridgehead atoms. The second kappa shape index (κ2) is 5.02. The van der Waals surface area contributed by atoms with Crippen molar-refractivity contribution in [2.75, 3.05) is 7.11 Å². The minimum Gasteiger partial charge on any atom is -0.497 e. The van der Waals surface area contributed by atoms with Crippen LogP contribution in [0.4, 0.5) is 0 Å². The van der Waals surface area contributed by atoms with Gasteiger partial charge >= 0.3 is 0 Å². The van der Waals surface area contributed by atoms with Gasteiger partial charge in [-0.25, -0.2) is 0 Å². The van der Waals surface area contributed by atoms with Gasteiger partial charge in [-0.05, 0) is 49.9 Å². The Morgan fingerprint density at radius 1 is 1.39 bits per heavy atom. The molecule has 0 radical (unpaired) electrons. The summed E-state index contributed by atoms with van der Waals surface area (Å²) < 4.78 is 7.55. The van der Waals surface area contributed by atoms with Gasteiger partial charge in [0.05, 0.1) is 12.6 Å². The first kappa shape index (κ1) is 13.0. The molecule has 1 aromatic heterocycles. The number of nitrogens with two attached hydrogens (primary N) is 1. The van der Waals surface area contributed by atoms with Crippen LogP contribution >= 0.6 is 0 Å². The van der Waals surface area contributed by atoms with Crippen LogP contribution in [-0.4, -0.2) is 17.7 Å². The minimum absolute atomic E-state index is 0.243. The largest absolute Gasteiger partial charge is 0.497 e. The van der Waals surface area contributed by atoms with Gasteiger partial charge in [0, 0.05) is 24.7 Å². The molecular weight excluding hydrogens is 224 g/mol. The lowest BCUT2D eigenvalue weighted by Crippen LogP contribution is -2.15.